The molecule has 0 aromatic heterocycles. The molecule has 1 atom stereocenters. The highest BCUT2D eigenvalue weighted by Gasteiger charge is 2.24. The summed E-state index contributed by atoms with van der Waals surface area (Å²) < 4.78 is 5.11. The first-order valence-corrected chi connectivity index (χ1v) is 5.94. The molecule has 0 aromatic carbocycles. The largest absolute Gasteiger partial charge is 0.444 e. The van der Waals surface area contributed by atoms with E-state index in [-0.39, 0.29) is 17.2 Å². The molecule has 1 N–H and O–H groups in total. The zero-order chi connectivity index (χ0) is 13.9. The Bertz CT molecular complexity index is 284. The van der Waals surface area contributed by atoms with Crippen LogP contribution in [0.3, 0.4) is 0 Å². The highest BCUT2D eigenvalue weighted by molar-refractivity contribution is 5.84. The molecule has 0 bridgehead atoms. The fourth-order valence-corrected chi connectivity index (χ4v) is 1.14. The van der Waals surface area contributed by atoms with Crippen LogP contribution in [0.1, 0.15) is 54.9 Å². The van der Waals surface area contributed by atoms with Gasteiger partial charge in [-0.1, -0.05) is 20.8 Å². The van der Waals surface area contributed by atoms with E-state index in [1.54, 1.807) is 27.7 Å². The highest BCUT2D eigenvalue weighted by Crippen LogP contribution is 2.17. The number of ether oxygens (including phenoxy) is 1. The van der Waals surface area contributed by atoms with Crippen molar-refractivity contribution in [1.82, 2.24) is 5.32 Å². The van der Waals surface area contributed by atoms with Crippen molar-refractivity contribution in [2.24, 2.45) is 5.41 Å². The second-order valence-electron chi connectivity index (χ2n) is 6.42. The fourth-order valence-electron chi connectivity index (χ4n) is 1.14. The van der Waals surface area contributed by atoms with E-state index in [2.05, 4.69) is 5.32 Å². The van der Waals surface area contributed by atoms with Gasteiger partial charge in [-0.05, 0) is 27.7 Å². The third kappa shape index (κ3) is 7.77. The van der Waals surface area contributed by atoms with E-state index in [1.807, 2.05) is 20.8 Å². The maximum atomic E-state index is 11.7. The Morgan fingerprint density at radius 2 is 1.59 bits per heavy atom. The molecule has 1 amide bonds. The summed E-state index contributed by atoms with van der Waals surface area (Å²) in [4.78, 5) is 23.2. The number of ketones is 1. The van der Waals surface area contributed by atoms with Gasteiger partial charge in [0, 0.05) is 17.9 Å². The molecule has 0 saturated heterocycles. The predicted molar refractivity (Wildman–Crippen MR) is 67.9 cm³/mol. The lowest BCUT2D eigenvalue weighted by Crippen LogP contribution is -2.39. The van der Waals surface area contributed by atoms with Crippen molar-refractivity contribution < 1.29 is 14.3 Å². The van der Waals surface area contributed by atoms with E-state index in [0.29, 0.717) is 6.42 Å². The van der Waals surface area contributed by atoms with E-state index >= 15 is 0 Å². The Kier molecular flexibility index (Phi) is 5.17. The summed E-state index contributed by atoms with van der Waals surface area (Å²) in [5.41, 5.74) is -0.887. The zero-order valence-corrected chi connectivity index (χ0v) is 12.0. The Morgan fingerprint density at radius 3 is 1.94 bits per heavy atom. The molecule has 0 aliphatic rings. The minimum atomic E-state index is -0.516. The summed E-state index contributed by atoms with van der Waals surface area (Å²) >= 11 is 0. The first kappa shape index (κ1) is 15.9. The van der Waals surface area contributed by atoms with Crippen LogP contribution < -0.4 is 5.32 Å². The van der Waals surface area contributed by atoms with Gasteiger partial charge >= 0.3 is 6.09 Å². The number of hydrogen-bond acceptors (Lipinski definition) is 3. The van der Waals surface area contributed by atoms with Crippen LogP contribution in [0.4, 0.5) is 4.79 Å². The van der Waals surface area contributed by atoms with Crippen LogP contribution in [0.25, 0.3) is 0 Å². The Morgan fingerprint density at radius 1 is 1.12 bits per heavy atom. The topological polar surface area (TPSA) is 55.4 Å². The van der Waals surface area contributed by atoms with Gasteiger partial charge in [0.1, 0.15) is 11.4 Å². The number of carbonyl (C=O) groups is 2. The number of rotatable bonds is 3. The minimum Gasteiger partial charge on any atom is -0.444 e. The van der Waals surface area contributed by atoms with Crippen molar-refractivity contribution in [3.63, 3.8) is 0 Å². The van der Waals surface area contributed by atoms with Gasteiger partial charge in [0.25, 0.3) is 0 Å². The number of amides is 1. The first-order valence-electron chi connectivity index (χ1n) is 5.94. The van der Waals surface area contributed by atoms with Gasteiger partial charge in [0.15, 0.2) is 0 Å². The van der Waals surface area contributed by atoms with Crippen molar-refractivity contribution in [2.45, 2.75) is 66.5 Å². The Labute approximate surface area is 104 Å². The van der Waals surface area contributed by atoms with Gasteiger partial charge in [-0.25, -0.2) is 4.79 Å². The zero-order valence-electron chi connectivity index (χ0n) is 12.0. The summed E-state index contributed by atoms with van der Waals surface area (Å²) in [6.07, 6.45) is -0.158. The molecule has 17 heavy (non-hydrogen) atoms. The molecular formula is C13H25NO3. The lowest BCUT2D eigenvalue weighted by molar-refractivity contribution is -0.126. The fraction of sp³-hybridized carbons (Fsp3) is 0.846. The monoisotopic (exact) mass is 243 g/mol. The minimum absolute atomic E-state index is 0.126. The summed E-state index contributed by atoms with van der Waals surface area (Å²) in [5.74, 6) is 0.126. The summed E-state index contributed by atoms with van der Waals surface area (Å²) in [6.45, 7) is 12.8. The van der Waals surface area contributed by atoms with Gasteiger partial charge in [-0.15, -0.1) is 0 Å². The van der Waals surface area contributed by atoms with Crippen LogP contribution in [0, 0.1) is 5.41 Å². The van der Waals surface area contributed by atoms with Gasteiger partial charge in [0.2, 0.25) is 0 Å². The summed E-state index contributed by atoms with van der Waals surface area (Å²) in [6, 6.07) is -0.212. The maximum Gasteiger partial charge on any atom is 0.407 e. The molecule has 0 rings (SSSR count). The molecule has 0 radical (unpaired) electrons. The van der Waals surface area contributed by atoms with E-state index in [0.717, 1.165) is 0 Å². The first-order chi connectivity index (χ1) is 7.42. The molecule has 0 unspecified atom stereocenters. The lowest BCUT2D eigenvalue weighted by Gasteiger charge is -2.23. The Hall–Kier alpha value is -1.06. The normalized spacial score (nSPS) is 14.1. The average Bonchev–Trinajstić information content (AvgIpc) is 1.96. The number of alkyl carbamates (subject to hydrolysis) is 1. The van der Waals surface area contributed by atoms with Crippen molar-refractivity contribution in [3.05, 3.63) is 0 Å². The van der Waals surface area contributed by atoms with E-state index in [9.17, 15) is 9.59 Å². The second kappa shape index (κ2) is 5.52. The van der Waals surface area contributed by atoms with Crippen LogP contribution in [0.5, 0.6) is 0 Å². The van der Waals surface area contributed by atoms with Gasteiger partial charge in [-0.3, -0.25) is 4.79 Å². The van der Waals surface area contributed by atoms with Crippen molar-refractivity contribution in [3.8, 4) is 0 Å². The number of Topliss-reactive ketones (excluding diaryl/α,β-unsaturated/α-hetero) is 1. The molecule has 0 spiro atoms. The molecule has 100 valence electrons. The van der Waals surface area contributed by atoms with Crippen molar-refractivity contribution in [2.75, 3.05) is 0 Å². The lowest BCUT2D eigenvalue weighted by atomic mass is 9.87. The molecular weight excluding hydrogens is 218 g/mol. The van der Waals surface area contributed by atoms with Gasteiger partial charge in [-0.2, -0.15) is 0 Å². The van der Waals surface area contributed by atoms with Gasteiger partial charge < -0.3 is 10.1 Å². The number of nitrogens with one attached hydrogen (secondary N) is 1. The molecule has 4 nitrogen and oxygen atoms in total. The molecule has 4 heteroatoms. The third-order valence-electron chi connectivity index (χ3n) is 2.09. The molecule has 0 fully saturated rings. The predicted octanol–water partition coefficient (Wildman–Crippen LogP) is 2.90. The third-order valence-corrected chi connectivity index (χ3v) is 2.09. The number of carbonyl (C=O) groups excluding carboxylic acids is 2. The summed E-state index contributed by atoms with van der Waals surface area (Å²) in [5, 5.41) is 2.66. The van der Waals surface area contributed by atoms with Crippen LogP contribution in [0.2, 0.25) is 0 Å². The molecule has 0 aliphatic heterocycles. The van der Waals surface area contributed by atoms with Crippen LogP contribution in [-0.2, 0) is 9.53 Å². The van der Waals surface area contributed by atoms with E-state index in [1.165, 1.54) is 0 Å². The maximum absolute atomic E-state index is 11.7. The average molecular weight is 243 g/mol. The quantitative estimate of drug-likeness (QED) is 0.829. The second-order valence-corrected chi connectivity index (χ2v) is 6.42. The van der Waals surface area contributed by atoms with Crippen molar-refractivity contribution in [1.29, 1.82) is 0 Å². The van der Waals surface area contributed by atoms with Crippen molar-refractivity contribution >= 4 is 11.9 Å². The molecule has 0 aliphatic carbocycles. The van der Waals surface area contributed by atoms with E-state index in [4.69, 9.17) is 4.74 Å². The van der Waals surface area contributed by atoms with E-state index < -0.39 is 11.7 Å². The van der Waals surface area contributed by atoms with Crippen LogP contribution in [0.15, 0.2) is 0 Å². The molecule has 0 aromatic rings. The van der Waals surface area contributed by atoms with Crippen LogP contribution >= 0.6 is 0 Å². The van der Waals surface area contributed by atoms with Gasteiger partial charge in [0.05, 0.1) is 0 Å². The SMILES string of the molecule is C[C@@H](CC(=O)C(C)(C)C)NC(=O)OC(C)(C)C. The summed E-state index contributed by atoms with van der Waals surface area (Å²) in [7, 11) is 0. The number of hydrogen-bond donors (Lipinski definition) is 1. The Balaban J connectivity index is 4.16. The molecule has 0 saturated carbocycles. The van der Waals surface area contributed by atoms with Crippen LogP contribution in [-0.4, -0.2) is 23.5 Å². The smallest absolute Gasteiger partial charge is 0.407 e. The molecule has 0 heterocycles. The highest BCUT2D eigenvalue weighted by atomic mass is 16.6. The standard InChI is InChI=1S/C13H25NO3/c1-9(8-10(15)12(2,3)4)14-11(16)17-13(5,6)7/h9H,8H2,1-7H3,(H,14,16)/t9-/m0/s1.